The number of carboxylic acids is 1. The van der Waals surface area contributed by atoms with Crippen LogP contribution >= 0.6 is 45.2 Å². The van der Waals surface area contributed by atoms with Crippen molar-refractivity contribution in [1.82, 2.24) is 5.32 Å². The largest absolute Gasteiger partial charge is 0.495 e. The van der Waals surface area contributed by atoms with Crippen LogP contribution in [0.1, 0.15) is 15.9 Å². The van der Waals surface area contributed by atoms with Crippen molar-refractivity contribution in [3.05, 3.63) is 66.4 Å². The Bertz CT molecular complexity index is 804. The third-order valence-electron chi connectivity index (χ3n) is 3.06. The van der Waals surface area contributed by atoms with Gasteiger partial charge < -0.3 is 15.2 Å². The Morgan fingerprint density at radius 2 is 1.83 bits per heavy atom. The average molecular weight is 549 g/mol. The number of rotatable bonds is 5. The number of carboxylic acid groups (broad SMARTS) is 1. The summed E-state index contributed by atoms with van der Waals surface area (Å²) in [5.74, 6) is -1.15. The molecule has 0 aliphatic carbocycles. The molecule has 1 amide bonds. The van der Waals surface area contributed by atoms with Gasteiger partial charge >= 0.3 is 5.97 Å². The molecule has 0 bridgehead atoms. The van der Waals surface area contributed by atoms with Gasteiger partial charge in [-0.1, -0.05) is 18.2 Å². The number of aliphatic carboxylic acids is 1. The second-order valence-electron chi connectivity index (χ2n) is 4.69. The molecule has 2 aromatic carbocycles. The molecule has 0 saturated carbocycles. The lowest BCUT2D eigenvalue weighted by molar-refractivity contribution is -0.132. The first-order valence-electron chi connectivity index (χ1n) is 6.76. The summed E-state index contributed by atoms with van der Waals surface area (Å²) in [4.78, 5) is 23.7. The Hall–Kier alpha value is -1.62. The van der Waals surface area contributed by atoms with Gasteiger partial charge in [-0.25, -0.2) is 4.79 Å². The SMILES string of the molecule is COc1c(I)cc(I)cc1/C=C(/NC(=O)c1ccccc1)C(=O)O. The summed E-state index contributed by atoms with van der Waals surface area (Å²) in [5.41, 5.74) is 0.744. The fraction of sp³-hybridized carbons (Fsp3) is 0.0588. The Kier molecular flexibility index (Phi) is 6.60. The number of hydrogen-bond donors (Lipinski definition) is 2. The standard InChI is InChI=1S/C17H13I2NO4/c1-24-15-11(7-12(18)9-13(15)19)8-14(17(22)23)20-16(21)10-5-3-2-4-6-10/h2-9H,1H3,(H,20,21)(H,22,23)/b14-8+. The van der Waals surface area contributed by atoms with Crippen molar-refractivity contribution < 1.29 is 19.4 Å². The highest BCUT2D eigenvalue weighted by molar-refractivity contribution is 14.1. The molecule has 0 radical (unpaired) electrons. The molecular formula is C17H13I2NO4. The molecule has 124 valence electrons. The van der Waals surface area contributed by atoms with Crippen molar-refractivity contribution in [2.45, 2.75) is 0 Å². The van der Waals surface area contributed by atoms with Crippen molar-refractivity contribution in [2.24, 2.45) is 0 Å². The zero-order valence-corrected chi connectivity index (χ0v) is 16.9. The molecule has 0 spiro atoms. The summed E-state index contributed by atoms with van der Waals surface area (Å²) in [7, 11) is 1.52. The van der Waals surface area contributed by atoms with Crippen LogP contribution in [0.2, 0.25) is 0 Å². The average Bonchev–Trinajstić information content (AvgIpc) is 2.54. The van der Waals surface area contributed by atoms with E-state index in [4.69, 9.17) is 4.74 Å². The van der Waals surface area contributed by atoms with Crippen LogP contribution in [-0.4, -0.2) is 24.1 Å². The zero-order valence-electron chi connectivity index (χ0n) is 12.5. The second-order valence-corrected chi connectivity index (χ2v) is 7.10. The summed E-state index contributed by atoms with van der Waals surface area (Å²) >= 11 is 4.26. The van der Waals surface area contributed by atoms with E-state index in [0.29, 0.717) is 16.9 Å². The minimum Gasteiger partial charge on any atom is -0.495 e. The molecule has 24 heavy (non-hydrogen) atoms. The molecule has 0 atom stereocenters. The smallest absolute Gasteiger partial charge is 0.352 e. The Balaban J connectivity index is 2.40. The van der Waals surface area contributed by atoms with Gasteiger partial charge in [0.2, 0.25) is 0 Å². The van der Waals surface area contributed by atoms with Gasteiger partial charge in [0, 0.05) is 14.7 Å². The lowest BCUT2D eigenvalue weighted by Crippen LogP contribution is -2.27. The highest BCUT2D eigenvalue weighted by atomic mass is 127. The molecule has 0 aromatic heterocycles. The minimum absolute atomic E-state index is 0.222. The van der Waals surface area contributed by atoms with Crippen molar-refractivity contribution >= 4 is 63.1 Å². The van der Waals surface area contributed by atoms with Crippen LogP contribution in [0.5, 0.6) is 5.75 Å². The quantitative estimate of drug-likeness (QED) is 0.441. The van der Waals surface area contributed by atoms with Crippen LogP contribution in [0.3, 0.4) is 0 Å². The zero-order chi connectivity index (χ0) is 17.7. The fourth-order valence-electron chi connectivity index (χ4n) is 1.99. The van der Waals surface area contributed by atoms with Gasteiger partial charge in [-0.2, -0.15) is 0 Å². The Morgan fingerprint density at radius 1 is 1.17 bits per heavy atom. The van der Waals surface area contributed by atoms with E-state index in [1.165, 1.54) is 13.2 Å². The maximum atomic E-state index is 12.2. The summed E-state index contributed by atoms with van der Waals surface area (Å²) in [6, 6.07) is 12.1. The van der Waals surface area contributed by atoms with Crippen molar-refractivity contribution in [3.63, 3.8) is 0 Å². The van der Waals surface area contributed by atoms with Crippen molar-refractivity contribution in [1.29, 1.82) is 0 Å². The number of benzene rings is 2. The van der Waals surface area contributed by atoms with Crippen LogP contribution in [0.4, 0.5) is 0 Å². The summed E-state index contributed by atoms with van der Waals surface area (Å²) < 4.78 is 7.13. The van der Waals surface area contributed by atoms with E-state index in [2.05, 4.69) is 50.5 Å². The van der Waals surface area contributed by atoms with Crippen LogP contribution in [0.15, 0.2) is 48.2 Å². The van der Waals surface area contributed by atoms with E-state index >= 15 is 0 Å². The van der Waals surface area contributed by atoms with Crippen molar-refractivity contribution in [2.75, 3.05) is 7.11 Å². The highest BCUT2D eigenvalue weighted by Gasteiger charge is 2.15. The summed E-state index contributed by atoms with van der Waals surface area (Å²) in [6.45, 7) is 0. The first-order chi connectivity index (χ1) is 11.4. The van der Waals surface area contributed by atoms with E-state index in [9.17, 15) is 14.7 Å². The van der Waals surface area contributed by atoms with Gasteiger partial charge in [0.1, 0.15) is 11.4 Å². The van der Waals surface area contributed by atoms with E-state index in [0.717, 1.165) is 7.14 Å². The minimum atomic E-state index is -1.23. The lowest BCUT2D eigenvalue weighted by atomic mass is 10.1. The van der Waals surface area contributed by atoms with E-state index < -0.39 is 11.9 Å². The number of hydrogen-bond acceptors (Lipinski definition) is 3. The number of ether oxygens (including phenoxy) is 1. The van der Waals surface area contributed by atoms with Gasteiger partial charge in [0.25, 0.3) is 5.91 Å². The third kappa shape index (κ3) is 4.69. The predicted molar refractivity (Wildman–Crippen MR) is 108 cm³/mol. The normalized spacial score (nSPS) is 11.0. The van der Waals surface area contributed by atoms with Gasteiger partial charge in [0.15, 0.2) is 0 Å². The first kappa shape index (κ1) is 18.7. The van der Waals surface area contributed by atoms with Crippen molar-refractivity contribution in [3.8, 4) is 5.75 Å². The molecule has 2 N–H and O–H groups in total. The Morgan fingerprint density at radius 3 is 2.42 bits per heavy atom. The highest BCUT2D eigenvalue weighted by Crippen LogP contribution is 2.29. The first-order valence-corrected chi connectivity index (χ1v) is 8.92. The molecule has 2 rings (SSSR count). The van der Waals surface area contributed by atoms with Gasteiger partial charge in [0.05, 0.1) is 10.7 Å². The predicted octanol–water partition coefficient (Wildman–Crippen LogP) is 3.76. The molecule has 0 aliphatic heterocycles. The van der Waals surface area contributed by atoms with Gasteiger partial charge in [-0.3, -0.25) is 4.79 Å². The monoisotopic (exact) mass is 549 g/mol. The summed E-state index contributed by atoms with van der Waals surface area (Å²) in [5, 5.41) is 11.8. The summed E-state index contributed by atoms with van der Waals surface area (Å²) in [6.07, 6.45) is 1.40. The van der Waals surface area contributed by atoms with Gasteiger partial charge in [-0.05, 0) is 75.5 Å². The molecule has 0 fully saturated rings. The number of carbonyl (C=O) groups excluding carboxylic acids is 1. The molecule has 0 heterocycles. The topological polar surface area (TPSA) is 75.6 Å². The molecule has 5 nitrogen and oxygen atoms in total. The van der Waals surface area contributed by atoms with Crippen LogP contribution in [-0.2, 0) is 4.79 Å². The van der Waals surface area contributed by atoms with E-state index in [1.54, 1.807) is 36.4 Å². The molecular weight excluding hydrogens is 536 g/mol. The molecule has 0 aliphatic rings. The Labute approximate surface area is 166 Å². The van der Waals surface area contributed by atoms with Gasteiger partial charge in [-0.15, -0.1) is 0 Å². The number of methoxy groups -OCH3 is 1. The number of nitrogens with one attached hydrogen (secondary N) is 1. The van der Waals surface area contributed by atoms with E-state index in [-0.39, 0.29) is 5.70 Å². The van der Waals surface area contributed by atoms with Crippen LogP contribution in [0.25, 0.3) is 6.08 Å². The maximum Gasteiger partial charge on any atom is 0.352 e. The molecule has 0 saturated heterocycles. The van der Waals surface area contributed by atoms with Crippen LogP contribution in [0, 0.1) is 7.14 Å². The molecule has 0 unspecified atom stereocenters. The maximum absolute atomic E-state index is 12.2. The molecule has 7 heteroatoms. The van der Waals surface area contributed by atoms with E-state index in [1.807, 2.05) is 6.07 Å². The fourth-order valence-corrected chi connectivity index (χ4v) is 4.10. The number of halogens is 2. The third-order valence-corrected chi connectivity index (χ3v) is 4.48. The molecule has 2 aromatic rings. The lowest BCUT2D eigenvalue weighted by Gasteiger charge is -2.11. The number of carbonyl (C=O) groups is 2. The second kappa shape index (κ2) is 8.47. The van der Waals surface area contributed by atoms with Crippen LogP contribution < -0.4 is 10.1 Å². The number of amides is 1.